The monoisotopic (exact) mass is 366 g/mol. The summed E-state index contributed by atoms with van der Waals surface area (Å²) in [5.41, 5.74) is 1.87. The number of hydrogen-bond donors (Lipinski definition) is 2. The van der Waals surface area contributed by atoms with Gasteiger partial charge in [-0.05, 0) is 49.6 Å². The summed E-state index contributed by atoms with van der Waals surface area (Å²) in [6.07, 6.45) is 2.39. The second-order valence-electron chi connectivity index (χ2n) is 6.03. The highest BCUT2D eigenvalue weighted by molar-refractivity contribution is 5.94. The zero-order valence-electron chi connectivity index (χ0n) is 15.0. The van der Waals surface area contributed by atoms with Crippen LogP contribution >= 0.6 is 0 Å². The normalized spacial score (nSPS) is 10.0. The number of carboxylic acids is 1. The Kier molecular flexibility index (Phi) is 7.86. The summed E-state index contributed by atoms with van der Waals surface area (Å²) < 4.78 is 5.78. The predicted octanol–water partition coefficient (Wildman–Crippen LogP) is 3.51. The van der Waals surface area contributed by atoms with Crippen molar-refractivity contribution in [2.75, 3.05) is 6.61 Å². The van der Waals surface area contributed by atoms with Crippen LogP contribution in [0, 0.1) is 11.3 Å². The lowest BCUT2D eigenvalue weighted by atomic mass is 10.1. The van der Waals surface area contributed by atoms with Crippen LogP contribution < -0.4 is 10.1 Å². The minimum atomic E-state index is -0.778. The molecule has 0 spiro atoms. The molecule has 140 valence electrons. The lowest BCUT2D eigenvalue weighted by molar-refractivity contribution is -0.137. The highest BCUT2D eigenvalue weighted by atomic mass is 16.5. The van der Waals surface area contributed by atoms with Crippen LogP contribution in [0.15, 0.2) is 48.5 Å². The van der Waals surface area contributed by atoms with Gasteiger partial charge in [0.25, 0.3) is 5.91 Å². The van der Waals surface area contributed by atoms with Gasteiger partial charge >= 0.3 is 5.97 Å². The molecular formula is C21H22N2O4. The largest absolute Gasteiger partial charge is 0.493 e. The number of nitrogens with one attached hydrogen (secondary N) is 1. The Balaban J connectivity index is 1.83. The zero-order chi connectivity index (χ0) is 19.5. The van der Waals surface area contributed by atoms with Gasteiger partial charge in [-0.3, -0.25) is 9.59 Å². The first-order valence-electron chi connectivity index (χ1n) is 8.81. The molecule has 0 heterocycles. The van der Waals surface area contributed by atoms with Crippen molar-refractivity contribution in [2.24, 2.45) is 0 Å². The number of benzene rings is 2. The minimum Gasteiger partial charge on any atom is -0.493 e. The molecule has 0 atom stereocenters. The van der Waals surface area contributed by atoms with E-state index in [1.54, 1.807) is 24.3 Å². The highest BCUT2D eigenvalue weighted by Crippen LogP contribution is 2.18. The number of amides is 1. The van der Waals surface area contributed by atoms with E-state index in [-0.39, 0.29) is 12.3 Å². The molecule has 0 saturated heterocycles. The van der Waals surface area contributed by atoms with Crippen molar-refractivity contribution < 1.29 is 19.4 Å². The van der Waals surface area contributed by atoms with Crippen molar-refractivity contribution in [3.63, 3.8) is 0 Å². The molecule has 0 aliphatic heterocycles. The zero-order valence-corrected chi connectivity index (χ0v) is 15.0. The maximum Gasteiger partial charge on any atom is 0.303 e. The van der Waals surface area contributed by atoms with Gasteiger partial charge in [-0.2, -0.15) is 5.26 Å². The number of hydrogen-bond acceptors (Lipinski definition) is 4. The van der Waals surface area contributed by atoms with Gasteiger partial charge in [-0.15, -0.1) is 0 Å². The third kappa shape index (κ3) is 6.83. The fraction of sp³-hybridized carbons (Fsp3) is 0.286. The molecule has 6 heteroatoms. The maximum atomic E-state index is 12.2. The van der Waals surface area contributed by atoms with Gasteiger partial charge in [0.2, 0.25) is 0 Å². The molecule has 2 rings (SSSR count). The summed E-state index contributed by atoms with van der Waals surface area (Å²) in [4.78, 5) is 22.7. The summed E-state index contributed by atoms with van der Waals surface area (Å²) >= 11 is 0. The van der Waals surface area contributed by atoms with Gasteiger partial charge in [0, 0.05) is 24.1 Å². The molecular weight excluding hydrogens is 344 g/mol. The fourth-order valence-electron chi connectivity index (χ4n) is 2.50. The Morgan fingerprint density at radius 3 is 2.48 bits per heavy atom. The average molecular weight is 366 g/mol. The summed E-state index contributed by atoms with van der Waals surface area (Å²) in [5, 5.41) is 20.3. The number of carbonyl (C=O) groups excluding carboxylic acids is 1. The SMILES string of the molecule is N#Cc1ccc(C(=O)NCc2ccccc2OCCCCCC(=O)O)cc1. The van der Waals surface area contributed by atoms with E-state index in [9.17, 15) is 9.59 Å². The Bertz CT molecular complexity index is 810. The third-order valence-corrected chi connectivity index (χ3v) is 3.98. The number of ether oxygens (including phenoxy) is 1. The van der Waals surface area contributed by atoms with E-state index in [0.29, 0.717) is 36.4 Å². The Hall–Kier alpha value is -3.33. The van der Waals surface area contributed by atoms with Crippen LogP contribution in [-0.4, -0.2) is 23.6 Å². The third-order valence-electron chi connectivity index (χ3n) is 3.98. The van der Waals surface area contributed by atoms with Gasteiger partial charge in [-0.1, -0.05) is 18.2 Å². The van der Waals surface area contributed by atoms with Crippen LogP contribution in [-0.2, 0) is 11.3 Å². The number of aliphatic carboxylic acids is 1. The van der Waals surface area contributed by atoms with E-state index in [0.717, 1.165) is 18.4 Å². The predicted molar refractivity (Wildman–Crippen MR) is 100 cm³/mol. The number of carbonyl (C=O) groups is 2. The van der Waals surface area contributed by atoms with E-state index in [4.69, 9.17) is 15.1 Å². The first-order valence-corrected chi connectivity index (χ1v) is 8.81. The molecule has 0 aliphatic carbocycles. The van der Waals surface area contributed by atoms with E-state index in [1.165, 1.54) is 0 Å². The molecule has 0 aliphatic rings. The van der Waals surface area contributed by atoms with Gasteiger partial charge in [-0.25, -0.2) is 0 Å². The first kappa shape index (κ1) is 20.0. The van der Waals surface area contributed by atoms with Crippen LogP contribution in [0.25, 0.3) is 0 Å². The number of carboxylic acid groups (broad SMARTS) is 1. The molecule has 1 amide bonds. The fourth-order valence-corrected chi connectivity index (χ4v) is 2.50. The van der Waals surface area contributed by atoms with E-state index in [1.807, 2.05) is 30.3 Å². The van der Waals surface area contributed by atoms with Crippen molar-refractivity contribution >= 4 is 11.9 Å². The summed E-state index contributed by atoms with van der Waals surface area (Å²) in [6.45, 7) is 0.828. The number of nitrogens with zero attached hydrogens (tertiary/aromatic N) is 1. The van der Waals surface area contributed by atoms with Crippen molar-refractivity contribution in [2.45, 2.75) is 32.2 Å². The average Bonchev–Trinajstić information content (AvgIpc) is 2.69. The molecule has 6 nitrogen and oxygen atoms in total. The summed E-state index contributed by atoms with van der Waals surface area (Å²) in [6, 6.07) is 16.0. The van der Waals surface area contributed by atoms with E-state index >= 15 is 0 Å². The Morgan fingerprint density at radius 2 is 1.78 bits per heavy atom. The van der Waals surface area contributed by atoms with Gasteiger partial charge in [0.15, 0.2) is 0 Å². The van der Waals surface area contributed by atoms with Gasteiger partial charge in [0.1, 0.15) is 5.75 Å². The van der Waals surface area contributed by atoms with Crippen molar-refractivity contribution in [1.29, 1.82) is 5.26 Å². The molecule has 2 aromatic rings. The minimum absolute atomic E-state index is 0.179. The van der Waals surface area contributed by atoms with Crippen LogP contribution in [0.3, 0.4) is 0 Å². The second-order valence-corrected chi connectivity index (χ2v) is 6.03. The summed E-state index contributed by atoms with van der Waals surface area (Å²) in [5.74, 6) is -0.293. The van der Waals surface area contributed by atoms with E-state index < -0.39 is 5.97 Å². The topological polar surface area (TPSA) is 99.4 Å². The highest BCUT2D eigenvalue weighted by Gasteiger charge is 2.08. The number of unbranched alkanes of at least 4 members (excludes halogenated alkanes) is 2. The number of nitriles is 1. The molecule has 0 aromatic heterocycles. The molecule has 0 bridgehead atoms. The lowest BCUT2D eigenvalue weighted by Crippen LogP contribution is -2.23. The van der Waals surface area contributed by atoms with Crippen molar-refractivity contribution in [3.05, 3.63) is 65.2 Å². The van der Waals surface area contributed by atoms with Crippen molar-refractivity contribution in [3.8, 4) is 11.8 Å². The standard InChI is InChI=1S/C21H22N2O4/c22-14-16-9-11-17(12-10-16)21(26)23-15-18-6-3-4-7-19(18)27-13-5-1-2-8-20(24)25/h3-4,6-7,9-12H,1-2,5,8,13,15H2,(H,23,26)(H,24,25). The Labute approximate surface area is 158 Å². The van der Waals surface area contributed by atoms with Gasteiger partial charge < -0.3 is 15.2 Å². The molecule has 0 saturated carbocycles. The second kappa shape index (κ2) is 10.6. The quantitative estimate of drug-likeness (QED) is 0.627. The number of para-hydroxylation sites is 1. The first-order chi connectivity index (χ1) is 13.1. The van der Waals surface area contributed by atoms with Crippen LogP contribution in [0.1, 0.15) is 47.2 Å². The molecule has 0 radical (unpaired) electrons. The van der Waals surface area contributed by atoms with Crippen molar-refractivity contribution in [1.82, 2.24) is 5.32 Å². The molecule has 27 heavy (non-hydrogen) atoms. The number of rotatable bonds is 10. The van der Waals surface area contributed by atoms with Crippen LogP contribution in [0.4, 0.5) is 0 Å². The molecule has 2 aromatic carbocycles. The lowest BCUT2D eigenvalue weighted by Gasteiger charge is -2.12. The van der Waals surface area contributed by atoms with Gasteiger partial charge in [0.05, 0.1) is 18.2 Å². The molecule has 0 unspecified atom stereocenters. The molecule has 0 fully saturated rings. The van der Waals surface area contributed by atoms with Crippen LogP contribution in [0.2, 0.25) is 0 Å². The Morgan fingerprint density at radius 1 is 1.04 bits per heavy atom. The molecule has 2 N–H and O–H groups in total. The smallest absolute Gasteiger partial charge is 0.303 e. The maximum absolute atomic E-state index is 12.2. The van der Waals surface area contributed by atoms with Crippen LogP contribution in [0.5, 0.6) is 5.75 Å². The summed E-state index contributed by atoms with van der Waals surface area (Å²) in [7, 11) is 0. The van der Waals surface area contributed by atoms with E-state index in [2.05, 4.69) is 5.32 Å².